The highest BCUT2D eigenvalue weighted by atomic mass is 32.2. The number of amides is 1. The summed E-state index contributed by atoms with van der Waals surface area (Å²) < 4.78 is 24.0. The summed E-state index contributed by atoms with van der Waals surface area (Å²) in [6, 6.07) is 10.0. The van der Waals surface area contributed by atoms with Gasteiger partial charge in [0, 0.05) is 32.7 Å². The van der Waals surface area contributed by atoms with Crippen molar-refractivity contribution in [2.24, 2.45) is 5.14 Å². The molecule has 2 saturated heterocycles. The largest absolute Gasteiger partial charge is 0.339 e. The molecule has 24 heavy (non-hydrogen) atoms. The SMILES string of the molecule is NS(=O)(=O)N1CCN(C(=O)[C@@H]2CCCN2Cc2ccccc2)CC1. The van der Waals surface area contributed by atoms with Crippen LogP contribution in [0.2, 0.25) is 0 Å². The van der Waals surface area contributed by atoms with Crippen molar-refractivity contribution in [1.29, 1.82) is 0 Å². The lowest BCUT2D eigenvalue weighted by Crippen LogP contribution is -2.55. The van der Waals surface area contributed by atoms with Crippen molar-refractivity contribution in [1.82, 2.24) is 14.1 Å². The van der Waals surface area contributed by atoms with Crippen molar-refractivity contribution >= 4 is 16.1 Å². The predicted octanol–water partition coefficient (Wildman–Crippen LogP) is -0.00130. The van der Waals surface area contributed by atoms with E-state index in [2.05, 4.69) is 17.0 Å². The Morgan fingerprint density at radius 2 is 1.75 bits per heavy atom. The molecule has 7 nitrogen and oxygen atoms in total. The summed E-state index contributed by atoms with van der Waals surface area (Å²) in [5.74, 6) is 0.109. The molecule has 2 aliphatic heterocycles. The maximum Gasteiger partial charge on any atom is 0.277 e. The molecule has 1 amide bonds. The van der Waals surface area contributed by atoms with E-state index in [1.807, 2.05) is 18.2 Å². The minimum atomic E-state index is -3.66. The highest BCUT2D eigenvalue weighted by molar-refractivity contribution is 7.86. The number of hydrogen-bond donors (Lipinski definition) is 1. The van der Waals surface area contributed by atoms with E-state index in [9.17, 15) is 13.2 Å². The number of nitrogens with zero attached hydrogens (tertiary/aromatic N) is 3. The van der Waals surface area contributed by atoms with Gasteiger partial charge < -0.3 is 4.90 Å². The van der Waals surface area contributed by atoms with Gasteiger partial charge in [-0.15, -0.1) is 0 Å². The van der Waals surface area contributed by atoms with Crippen molar-refractivity contribution < 1.29 is 13.2 Å². The maximum absolute atomic E-state index is 12.8. The van der Waals surface area contributed by atoms with Gasteiger partial charge in [0.1, 0.15) is 0 Å². The van der Waals surface area contributed by atoms with Crippen molar-refractivity contribution in [2.45, 2.75) is 25.4 Å². The molecule has 2 heterocycles. The number of rotatable bonds is 4. The normalized spacial score (nSPS) is 23.5. The minimum Gasteiger partial charge on any atom is -0.339 e. The second-order valence-corrected chi connectivity index (χ2v) is 7.93. The summed E-state index contributed by atoms with van der Waals surface area (Å²) in [4.78, 5) is 16.8. The van der Waals surface area contributed by atoms with Crippen LogP contribution in [0.5, 0.6) is 0 Å². The lowest BCUT2D eigenvalue weighted by atomic mass is 10.1. The van der Waals surface area contributed by atoms with Crippen molar-refractivity contribution in [2.75, 3.05) is 32.7 Å². The Kier molecular flexibility index (Phi) is 5.19. The third-order valence-corrected chi connectivity index (χ3v) is 5.87. The van der Waals surface area contributed by atoms with E-state index in [0.29, 0.717) is 13.1 Å². The standard InChI is InChI=1S/C16H24N4O3S/c17-24(22,23)20-11-9-18(10-12-20)16(21)15-7-4-8-19(15)13-14-5-2-1-3-6-14/h1-3,5-6,15H,4,7-13H2,(H2,17,22,23)/t15-/m0/s1. The Morgan fingerprint density at radius 3 is 2.38 bits per heavy atom. The first kappa shape index (κ1) is 17.3. The molecule has 0 spiro atoms. The summed E-state index contributed by atoms with van der Waals surface area (Å²) in [6.07, 6.45) is 1.88. The molecule has 2 aliphatic rings. The molecule has 2 N–H and O–H groups in total. The van der Waals surface area contributed by atoms with E-state index in [1.54, 1.807) is 4.90 Å². The number of carbonyl (C=O) groups excluding carboxylic acids is 1. The second-order valence-electron chi connectivity index (χ2n) is 6.38. The van der Waals surface area contributed by atoms with Crippen molar-refractivity contribution in [3.63, 3.8) is 0 Å². The number of piperazine rings is 1. The van der Waals surface area contributed by atoms with Crippen molar-refractivity contribution in [3.05, 3.63) is 35.9 Å². The molecule has 0 bridgehead atoms. The molecule has 1 aromatic carbocycles. The van der Waals surface area contributed by atoms with Crippen LogP contribution in [0.25, 0.3) is 0 Å². The lowest BCUT2D eigenvalue weighted by molar-refractivity contribution is -0.137. The number of nitrogens with two attached hydrogens (primary N) is 1. The van der Waals surface area contributed by atoms with E-state index >= 15 is 0 Å². The first-order valence-electron chi connectivity index (χ1n) is 8.30. The van der Waals surface area contributed by atoms with Crippen molar-refractivity contribution in [3.8, 4) is 0 Å². The van der Waals surface area contributed by atoms with Gasteiger partial charge in [-0.2, -0.15) is 12.7 Å². The average molecular weight is 352 g/mol. The van der Waals surface area contributed by atoms with Crippen LogP contribution < -0.4 is 5.14 Å². The van der Waals surface area contributed by atoms with E-state index < -0.39 is 10.2 Å². The molecule has 2 fully saturated rings. The molecule has 8 heteroatoms. The zero-order chi connectivity index (χ0) is 17.2. The molecule has 0 aromatic heterocycles. The molecule has 0 radical (unpaired) electrons. The topological polar surface area (TPSA) is 87.0 Å². The van der Waals surface area contributed by atoms with E-state index in [4.69, 9.17) is 5.14 Å². The van der Waals surface area contributed by atoms with Crippen LogP contribution in [0.1, 0.15) is 18.4 Å². The Bertz CT molecular complexity index is 672. The van der Waals surface area contributed by atoms with E-state index in [0.717, 1.165) is 25.9 Å². The van der Waals surface area contributed by atoms with Crippen LogP contribution in [0, 0.1) is 0 Å². The maximum atomic E-state index is 12.8. The highest BCUT2D eigenvalue weighted by Crippen LogP contribution is 2.22. The van der Waals surface area contributed by atoms with Gasteiger partial charge in [-0.3, -0.25) is 9.69 Å². The first-order chi connectivity index (χ1) is 11.4. The van der Waals surface area contributed by atoms with Gasteiger partial charge in [0.15, 0.2) is 0 Å². The van der Waals surface area contributed by atoms with Gasteiger partial charge in [0.2, 0.25) is 5.91 Å². The molecule has 0 unspecified atom stereocenters. The van der Waals surface area contributed by atoms with Crippen LogP contribution in [0.3, 0.4) is 0 Å². The predicted molar refractivity (Wildman–Crippen MR) is 91.1 cm³/mol. The fourth-order valence-electron chi connectivity index (χ4n) is 3.49. The lowest BCUT2D eigenvalue weighted by Gasteiger charge is -2.36. The van der Waals surface area contributed by atoms with Gasteiger partial charge >= 0.3 is 0 Å². The molecule has 132 valence electrons. The van der Waals surface area contributed by atoms with Crippen LogP contribution in [-0.2, 0) is 21.5 Å². The summed E-state index contributed by atoms with van der Waals surface area (Å²) in [7, 11) is -3.66. The Hall–Kier alpha value is -1.48. The van der Waals surface area contributed by atoms with Gasteiger partial charge in [-0.05, 0) is 24.9 Å². The second kappa shape index (κ2) is 7.18. The molecule has 1 atom stereocenters. The van der Waals surface area contributed by atoms with Gasteiger partial charge in [0.25, 0.3) is 10.2 Å². The Morgan fingerprint density at radius 1 is 1.08 bits per heavy atom. The van der Waals surface area contributed by atoms with Gasteiger partial charge in [0.05, 0.1) is 6.04 Å². The first-order valence-corrected chi connectivity index (χ1v) is 9.80. The Labute approximate surface area is 143 Å². The zero-order valence-electron chi connectivity index (χ0n) is 13.7. The number of likely N-dealkylation sites (tertiary alicyclic amines) is 1. The van der Waals surface area contributed by atoms with E-state index in [1.165, 1.54) is 9.87 Å². The summed E-state index contributed by atoms with van der Waals surface area (Å²) in [5.41, 5.74) is 1.20. The molecule has 0 aliphatic carbocycles. The summed E-state index contributed by atoms with van der Waals surface area (Å²) in [6.45, 7) is 3.05. The third kappa shape index (κ3) is 3.94. The molecule has 3 rings (SSSR count). The van der Waals surface area contributed by atoms with Crippen LogP contribution in [0.15, 0.2) is 30.3 Å². The van der Waals surface area contributed by atoms with Crippen LogP contribution in [0.4, 0.5) is 0 Å². The Balaban J connectivity index is 1.60. The number of carbonyl (C=O) groups is 1. The number of hydrogen-bond acceptors (Lipinski definition) is 4. The fourth-order valence-corrected chi connectivity index (χ4v) is 4.16. The average Bonchev–Trinajstić information content (AvgIpc) is 3.02. The number of benzene rings is 1. The summed E-state index contributed by atoms with van der Waals surface area (Å²) in [5, 5.41) is 5.15. The minimum absolute atomic E-state index is 0.105. The molecule has 0 saturated carbocycles. The fraction of sp³-hybridized carbons (Fsp3) is 0.562. The monoisotopic (exact) mass is 352 g/mol. The van der Waals surface area contributed by atoms with Crippen LogP contribution in [-0.4, -0.2) is 67.2 Å². The quantitative estimate of drug-likeness (QED) is 0.826. The third-order valence-electron chi connectivity index (χ3n) is 4.79. The van der Waals surface area contributed by atoms with E-state index in [-0.39, 0.29) is 25.0 Å². The highest BCUT2D eigenvalue weighted by Gasteiger charge is 2.35. The molecular weight excluding hydrogens is 328 g/mol. The molecule has 1 aromatic rings. The molecular formula is C16H24N4O3S. The summed E-state index contributed by atoms with van der Waals surface area (Å²) >= 11 is 0. The van der Waals surface area contributed by atoms with Crippen LogP contribution >= 0.6 is 0 Å². The zero-order valence-corrected chi connectivity index (χ0v) is 14.5. The van der Waals surface area contributed by atoms with Gasteiger partial charge in [-0.1, -0.05) is 30.3 Å². The smallest absolute Gasteiger partial charge is 0.277 e. The van der Waals surface area contributed by atoms with Gasteiger partial charge in [-0.25, -0.2) is 5.14 Å².